The van der Waals surface area contributed by atoms with E-state index < -0.39 is 120 Å². The highest BCUT2D eigenvalue weighted by Gasteiger charge is 2.35. The molecule has 1 rings (SSSR count). The number of carbonyl (C=O) groups excluding carboxylic acids is 8. The molecule has 13 N–H and O–H groups in total. The first-order valence-electron chi connectivity index (χ1n) is 23.0. The number of nitrogens with two attached hydrogens (primary N) is 1. The summed E-state index contributed by atoms with van der Waals surface area (Å²) >= 11 is 1.38. The van der Waals surface area contributed by atoms with Gasteiger partial charge in [0.25, 0.3) is 0 Å². The minimum Gasteiger partial charge on any atom is -0.508 e. The summed E-state index contributed by atoms with van der Waals surface area (Å²) in [7, 11) is 0. The quantitative estimate of drug-likeness (QED) is 0.0476. The maximum Gasteiger partial charge on any atom is 0.326 e. The molecule has 0 heterocycles. The first-order chi connectivity index (χ1) is 31.7. The number of phenolic OH excluding ortho intramolecular Hbond substituents is 1. The van der Waals surface area contributed by atoms with Crippen molar-refractivity contribution < 1.29 is 58.5 Å². The summed E-state index contributed by atoms with van der Waals surface area (Å²) in [6, 6.07) is -3.50. The number of hydrogen-bond acceptors (Lipinski definition) is 13. The Hall–Kier alpha value is -5.48. The highest BCUT2D eigenvalue weighted by molar-refractivity contribution is 7.98. The van der Waals surface area contributed by atoms with Gasteiger partial charge in [-0.15, -0.1) is 0 Å². The zero-order valence-electron chi connectivity index (χ0n) is 41.3. The molecule has 0 bridgehead atoms. The second-order valence-corrected chi connectivity index (χ2v) is 19.7. The van der Waals surface area contributed by atoms with E-state index in [4.69, 9.17) is 5.73 Å². The number of phenols is 1. The van der Waals surface area contributed by atoms with Gasteiger partial charge in [-0.2, -0.15) is 11.8 Å². The number of carboxylic acids is 1. The van der Waals surface area contributed by atoms with Crippen LogP contribution < -0.4 is 48.3 Å². The third-order valence-corrected chi connectivity index (χ3v) is 11.1. The van der Waals surface area contributed by atoms with Crippen molar-refractivity contribution in [1.29, 1.82) is 0 Å². The van der Waals surface area contributed by atoms with Gasteiger partial charge in [0.1, 0.15) is 48.0 Å². The van der Waals surface area contributed by atoms with Crippen LogP contribution in [0, 0.1) is 23.7 Å². The van der Waals surface area contributed by atoms with Crippen molar-refractivity contribution in [1.82, 2.24) is 42.5 Å². The molecular weight excluding hydrogens is 903 g/mol. The molecule has 0 aliphatic rings. The number of aromatic hydroxyl groups is 1. The molecule has 0 fully saturated rings. The molecule has 0 saturated heterocycles. The highest BCUT2D eigenvalue weighted by atomic mass is 32.2. The monoisotopic (exact) mass is 980 g/mol. The molecule has 0 unspecified atom stereocenters. The number of rotatable bonds is 30. The van der Waals surface area contributed by atoms with Crippen molar-refractivity contribution in [3.63, 3.8) is 0 Å². The molecule has 0 saturated carbocycles. The van der Waals surface area contributed by atoms with Crippen LogP contribution in [0.4, 0.5) is 0 Å². The minimum absolute atomic E-state index is 0.0353. The van der Waals surface area contributed by atoms with E-state index in [0.29, 0.717) is 11.3 Å². The van der Waals surface area contributed by atoms with Crippen LogP contribution in [-0.4, -0.2) is 142 Å². The number of nitrogens with one attached hydrogen (secondary N) is 8. The fraction of sp³-hybridized carbons (Fsp3) is 0.674. The van der Waals surface area contributed by atoms with E-state index in [9.17, 15) is 58.5 Å². The van der Waals surface area contributed by atoms with Gasteiger partial charge in [0.2, 0.25) is 47.3 Å². The Balaban J connectivity index is 3.06. The van der Waals surface area contributed by atoms with E-state index in [2.05, 4.69) is 42.5 Å². The lowest BCUT2D eigenvalue weighted by atomic mass is 9.99. The van der Waals surface area contributed by atoms with Crippen molar-refractivity contribution in [3.05, 3.63) is 29.8 Å². The van der Waals surface area contributed by atoms with Crippen LogP contribution in [-0.2, 0) is 49.6 Å². The molecule has 68 heavy (non-hydrogen) atoms. The minimum atomic E-state index is -1.60. The standard InChI is InChI=1S/C46H77N9O12S/c1-23(2)18-33(50-36(58)22-48-39(59)27(9)49-42(62)34(19-24(3)4)52-40(60)31(47)21-29-12-14-30(57)15-13-29)43(63)53-35(20-25(5)6)44(64)55-38(28(10)56)45(65)51-32(16-17-68-11)41(61)54-37(26(7)8)46(66)67/h12-15,23-28,31-35,37-38,56-57H,16-22,47H2,1-11H3,(H,48,59)(H,49,62)(H,50,58)(H,51,65)(H,52,60)(H,53,63)(H,54,61)(H,55,64)(H,66,67)/t27-,28+,31-,32-,33-,34-,35-,37+,38-/m0/s1. The highest BCUT2D eigenvalue weighted by Crippen LogP contribution is 2.14. The molecule has 0 aromatic heterocycles. The van der Waals surface area contributed by atoms with E-state index >= 15 is 0 Å². The zero-order chi connectivity index (χ0) is 52.0. The number of aliphatic carboxylic acids is 1. The van der Waals surface area contributed by atoms with Gasteiger partial charge in [-0.05, 0) is 99.3 Å². The number of carbonyl (C=O) groups is 9. The van der Waals surface area contributed by atoms with Crippen molar-refractivity contribution in [2.75, 3.05) is 18.6 Å². The largest absolute Gasteiger partial charge is 0.508 e. The summed E-state index contributed by atoms with van der Waals surface area (Å²) in [6.07, 6.45) is 0.979. The molecule has 1 aromatic rings. The number of carboxylic acid groups (broad SMARTS) is 1. The summed E-state index contributed by atoms with van der Waals surface area (Å²) in [5, 5.41) is 50.1. The van der Waals surface area contributed by atoms with Gasteiger partial charge in [0.05, 0.1) is 18.7 Å². The van der Waals surface area contributed by atoms with E-state index in [0.717, 1.165) is 0 Å². The molecule has 0 radical (unpaired) electrons. The van der Waals surface area contributed by atoms with Gasteiger partial charge in [-0.3, -0.25) is 38.4 Å². The van der Waals surface area contributed by atoms with E-state index in [1.165, 1.54) is 37.7 Å². The molecule has 21 nitrogen and oxygen atoms in total. The predicted octanol–water partition coefficient (Wildman–Crippen LogP) is -0.196. The Bertz CT molecular complexity index is 1850. The Morgan fingerprint density at radius 3 is 1.49 bits per heavy atom. The van der Waals surface area contributed by atoms with Crippen LogP contribution in [0.3, 0.4) is 0 Å². The molecule has 0 aliphatic heterocycles. The van der Waals surface area contributed by atoms with Crippen LogP contribution >= 0.6 is 11.8 Å². The van der Waals surface area contributed by atoms with Crippen LogP contribution in [0.1, 0.15) is 100 Å². The molecule has 9 atom stereocenters. The first-order valence-corrected chi connectivity index (χ1v) is 24.4. The van der Waals surface area contributed by atoms with E-state index in [1.807, 2.05) is 13.8 Å². The zero-order valence-corrected chi connectivity index (χ0v) is 42.1. The lowest BCUT2D eigenvalue weighted by Gasteiger charge is -2.29. The molecule has 8 amide bonds. The van der Waals surface area contributed by atoms with Crippen LogP contribution in [0.5, 0.6) is 5.75 Å². The molecule has 384 valence electrons. The fourth-order valence-corrected chi connectivity index (χ4v) is 7.25. The average Bonchev–Trinajstić information content (AvgIpc) is 3.23. The number of aliphatic hydroxyl groups is 1. The third-order valence-electron chi connectivity index (χ3n) is 10.5. The summed E-state index contributed by atoms with van der Waals surface area (Å²) in [5.74, 6) is -7.61. The third kappa shape index (κ3) is 22.5. The summed E-state index contributed by atoms with van der Waals surface area (Å²) in [5.41, 5.74) is 6.81. The second kappa shape index (κ2) is 30.1. The topological polar surface area (TPSA) is 337 Å². The summed E-state index contributed by atoms with van der Waals surface area (Å²) in [6.45, 7) is 16.2. The van der Waals surface area contributed by atoms with Gasteiger partial charge in [0.15, 0.2) is 0 Å². The predicted molar refractivity (Wildman–Crippen MR) is 258 cm³/mol. The van der Waals surface area contributed by atoms with Crippen molar-refractivity contribution >= 4 is 65.0 Å². The van der Waals surface area contributed by atoms with Crippen molar-refractivity contribution in [2.45, 2.75) is 156 Å². The van der Waals surface area contributed by atoms with Gasteiger partial charge < -0.3 is 63.6 Å². The fourth-order valence-electron chi connectivity index (χ4n) is 6.78. The lowest BCUT2D eigenvalue weighted by Crippen LogP contribution is -2.61. The maximum atomic E-state index is 13.8. The normalized spacial score (nSPS) is 15.4. The smallest absolute Gasteiger partial charge is 0.326 e. The number of amides is 8. The van der Waals surface area contributed by atoms with Crippen LogP contribution in [0.15, 0.2) is 24.3 Å². The van der Waals surface area contributed by atoms with Gasteiger partial charge in [-0.25, -0.2) is 4.79 Å². The lowest BCUT2D eigenvalue weighted by molar-refractivity contribution is -0.143. The number of thioether (sulfide) groups is 1. The second-order valence-electron chi connectivity index (χ2n) is 18.7. The number of benzene rings is 1. The number of hydrogen-bond donors (Lipinski definition) is 12. The van der Waals surface area contributed by atoms with Crippen molar-refractivity contribution in [2.24, 2.45) is 29.4 Å². The van der Waals surface area contributed by atoms with Gasteiger partial charge in [-0.1, -0.05) is 67.5 Å². The van der Waals surface area contributed by atoms with E-state index in [1.54, 1.807) is 59.9 Å². The number of aliphatic hydroxyl groups excluding tert-OH is 1. The Morgan fingerprint density at radius 1 is 0.574 bits per heavy atom. The van der Waals surface area contributed by atoms with Crippen LogP contribution in [0.25, 0.3) is 0 Å². The van der Waals surface area contributed by atoms with Gasteiger partial charge >= 0.3 is 5.97 Å². The Labute approximate surface area is 404 Å². The van der Waals surface area contributed by atoms with Gasteiger partial charge in [0, 0.05) is 0 Å². The Kier molecular flexibility index (Phi) is 26.8. The summed E-state index contributed by atoms with van der Waals surface area (Å²) in [4.78, 5) is 119. The maximum absolute atomic E-state index is 13.8. The van der Waals surface area contributed by atoms with E-state index in [-0.39, 0.29) is 55.6 Å². The molecular formula is C46H77N9O12S. The molecule has 0 aliphatic carbocycles. The SMILES string of the molecule is CSCC[C@H](NC(=O)[C@@H](NC(=O)[C@H](CC(C)C)NC(=O)[C@H](CC(C)C)NC(=O)CNC(=O)[C@H](C)NC(=O)[C@H](CC(C)C)NC(=O)[C@@H](N)Cc1ccc(O)cc1)[C@@H](C)O)C(=O)N[C@@H](C(=O)O)C(C)C. The molecule has 1 aromatic carbocycles. The van der Waals surface area contributed by atoms with Crippen molar-refractivity contribution in [3.8, 4) is 5.75 Å². The average molecular weight is 980 g/mol. The molecule has 22 heteroatoms. The summed E-state index contributed by atoms with van der Waals surface area (Å²) < 4.78 is 0. The first kappa shape index (κ1) is 60.5. The molecule has 0 spiro atoms. The Morgan fingerprint density at radius 2 is 1.01 bits per heavy atom. The van der Waals surface area contributed by atoms with Crippen LogP contribution in [0.2, 0.25) is 0 Å².